The molecule has 3 aromatic rings. The second-order valence-corrected chi connectivity index (χ2v) is 5.62. The molecule has 0 aliphatic rings. The van der Waals surface area contributed by atoms with Crippen LogP contribution in [0.25, 0.3) is 22.3 Å². The lowest BCUT2D eigenvalue weighted by Gasteiger charge is -2.13. The number of hydrogen-bond acceptors (Lipinski definition) is 6. The van der Waals surface area contributed by atoms with Crippen LogP contribution in [0.1, 0.15) is 10.4 Å². The van der Waals surface area contributed by atoms with Gasteiger partial charge in [-0.1, -0.05) is 12.7 Å². The molecule has 1 aromatic heterocycles. The molecule has 3 rings (SSSR count). The molecule has 138 valence electrons. The maximum atomic E-state index is 12.7. The normalized spacial score (nSPS) is 10.4. The maximum absolute atomic E-state index is 12.7. The van der Waals surface area contributed by atoms with E-state index >= 15 is 0 Å². The smallest absolute Gasteiger partial charge is 0.197 e. The van der Waals surface area contributed by atoms with Gasteiger partial charge in [0.2, 0.25) is 0 Å². The van der Waals surface area contributed by atoms with Gasteiger partial charge in [-0.15, -0.1) is 0 Å². The van der Waals surface area contributed by atoms with Crippen LogP contribution in [0.4, 0.5) is 0 Å². The molecule has 2 aromatic carbocycles. The zero-order valence-electron chi connectivity index (χ0n) is 15.0. The molecule has 0 aliphatic heterocycles. The molecule has 0 bridgehead atoms. The summed E-state index contributed by atoms with van der Waals surface area (Å²) in [6, 6.07) is 10.00. The fraction of sp³-hybridized carbons (Fsp3) is 0.143. The third kappa shape index (κ3) is 3.42. The molecule has 6 heteroatoms. The van der Waals surface area contributed by atoms with Crippen molar-refractivity contribution in [2.45, 2.75) is 0 Å². The standard InChI is InChI=1S/C21H18O6/c1-4-9-26-18-11-19-20(21(25-3)15(18)12-22)16(23)10-17(27-19)13-5-7-14(24-2)8-6-13/h4-8,10-12H,1,9H2,2-3H3. The van der Waals surface area contributed by atoms with Crippen molar-refractivity contribution < 1.29 is 23.4 Å². The van der Waals surface area contributed by atoms with Gasteiger partial charge in [-0.05, 0) is 24.3 Å². The van der Waals surface area contributed by atoms with Gasteiger partial charge in [0.25, 0.3) is 0 Å². The molecule has 6 nitrogen and oxygen atoms in total. The Labute approximate surface area is 155 Å². The van der Waals surface area contributed by atoms with Crippen LogP contribution >= 0.6 is 0 Å². The Balaban J connectivity index is 2.24. The predicted octanol–water partition coefficient (Wildman–Crippen LogP) is 3.85. The minimum absolute atomic E-state index is 0.122. The summed E-state index contributed by atoms with van der Waals surface area (Å²) in [5.41, 5.74) is 0.797. The largest absolute Gasteiger partial charge is 0.497 e. The van der Waals surface area contributed by atoms with Crippen LogP contribution < -0.4 is 19.6 Å². The maximum Gasteiger partial charge on any atom is 0.197 e. The van der Waals surface area contributed by atoms with E-state index in [-0.39, 0.29) is 40.1 Å². The van der Waals surface area contributed by atoms with Gasteiger partial charge in [0, 0.05) is 17.7 Å². The highest BCUT2D eigenvalue weighted by atomic mass is 16.5. The van der Waals surface area contributed by atoms with Gasteiger partial charge in [0.1, 0.15) is 40.6 Å². The highest BCUT2D eigenvalue weighted by Gasteiger charge is 2.20. The zero-order valence-corrected chi connectivity index (χ0v) is 15.0. The molecular formula is C21H18O6. The number of carbonyl (C=O) groups excluding carboxylic acids is 1. The molecule has 0 fully saturated rings. The van der Waals surface area contributed by atoms with Gasteiger partial charge in [-0.3, -0.25) is 9.59 Å². The topological polar surface area (TPSA) is 75.0 Å². The van der Waals surface area contributed by atoms with E-state index in [1.54, 1.807) is 37.5 Å². The molecule has 1 heterocycles. The van der Waals surface area contributed by atoms with E-state index in [1.807, 2.05) is 0 Å². The van der Waals surface area contributed by atoms with Gasteiger partial charge in [0.05, 0.1) is 19.8 Å². The first-order valence-corrected chi connectivity index (χ1v) is 8.15. The van der Waals surface area contributed by atoms with E-state index in [0.29, 0.717) is 23.4 Å². The second kappa shape index (κ2) is 7.78. The molecule has 0 saturated heterocycles. The number of methoxy groups -OCH3 is 2. The van der Waals surface area contributed by atoms with E-state index < -0.39 is 0 Å². The molecule has 0 atom stereocenters. The summed E-state index contributed by atoms with van der Waals surface area (Å²) in [6.07, 6.45) is 2.14. The SMILES string of the molecule is C=CCOc1cc2oc(-c3ccc(OC)cc3)cc(=O)c2c(OC)c1C=O. The molecule has 0 saturated carbocycles. The summed E-state index contributed by atoms with van der Waals surface area (Å²) in [5.74, 6) is 1.45. The van der Waals surface area contributed by atoms with Crippen LogP contribution in [0.15, 0.2) is 58.3 Å². The van der Waals surface area contributed by atoms with E-state index in [4.69, 9.17) is 18.6 Å². The van der Waals surface area contributed by atoms with Crippen LogP contribution in [0.3, 0.4) is 0 Å². The zero-order chi connectivity index (χ0) is 19.4. The Hall–Kier alpha value is -3.54. The van der Waals surface area contributed by atoms with Crippen LogP contribution in [0.2, 0.25) is 0 Å². The summed E-state index contributed by atoms with van der Waals surface area (Å²) in [6.45, 7) is 3.78. The number of aldehydes is 1. The molecule has 0 N–H and O–H groups in total. The third-order valence-corrected chi connectivity index (χ3v) is 4.03. The monoisotopic (exact) mass is 366 g/mol. The summed E-state index contributed by atoms with van der Waals surface area (Å²) in [5, 5.41) is 0.183. The molecule has 0 amide bonds. The molecule has 27 heavy (non-hydrogen) atoms. The van der Waals surface area contributed by atoms with Crippen molar-refractivity contribution in [3.8, 4) is 28.6 Å². The highest BCUT2D eigenvalue weighted by Crippen LogP contribution is 2.36. The minimum Gasteiger partial charge on any atom is -0.497 e. The first-order chi connectivity index (χ1) is 13.1. The fourth-order valence-electron chi connectivity index (χ4n) is 2.77. The van der Waals surface area contributed by atoms with Gasteiger partial charge in [-0.2, -0.15) is 0 Å². The predicted molar refractivity (Wildman–Crippen MR) is 102 cm³/mol. The third-order valence-electron chi connectivity index (χ3n) is 4.03. The average molecular weight is 366 g/mol. The summed E-state index contributed by atoms with van der Waals surface area (Å²) in [4.78, 5) is 24.3. The molecule has 0 aliphatic carbocycles. The van der Waals surface area contributed by atoms with E-state index in [2.05, 4.69) is 6.58 Å². The molecule has 0 spiro atoms. The van der Waals surface area contributed by atoms with Gasteiger partial charge >= 0.3 is 0 Å². The first kappa shape index (κ1) is 18.3. The average Bonchev–Trinajstić information content (AvgIpc) is 2.70. The number of carbonyl (C=O) groups is 1. The lowest BCUT2D eigenvalue weighted by Crippen LogP contribution is -2.07. The van der Waals surface area contributed by atoms with Gasteiger partial charge < -0.3 is 18.6 Å². The van der Waals surface area contributed by atoms with E-state index in [0.717, 1.165) is 0 Å². The Morgan fingerprint density at radius 2 is 1.85 bits per heavy atom. The lowest BCUT2D eigenvalue weighted by atomic mass is 10.1. The molecular weight excluding hydrogens is 348 g/mol. The Morgan fingerprint density at radius 3 is 2.44 bits per heavy atom. The van der Waals surface area contributed by atoms with Crippen LogP contribution in [-0.2, 0) is 0 Å². The van der Waals surface area contributed by atoms with E-state index in [1.165, 1.54) is 19.2 Å². The van der Waals surface area contributed by atoms with Crippen LogP contribution in [0.5, 0.6) is 17.2 Å². The Kier molecular flexibility index (Phi) is 5.26. The number of hydrogen-bond donors (Lipinski definition) is 0. The Bertz CT molecular complexity index is 1050. The number of ether oxygens (including phenoxy) is 3. The fourth-order valence-corrected chi connectivity index (χ4v) is 2.77. The number of rotatable bonds is 7. The summed E-state index contributed by atoms with van der Waals surface area (Å²) >= 11 is 0. The summed E-state index contributed by atoms with van der Waals surface area (Å²) in [7, 11) is 2.96. The minimum atomic E-state index is -0.322. The van der Waals surface area contributed by atoms with Crippen LogP contribution in [0, 0.1) is 0 Å². The lowest BCUT2D eigenvalue weighted by molar-refractivity contribution is 0.111. The van der Waals surface area contributed by atoms with Crippen molar-refractivity contribution in [3.05, 3.63) is 64.8 Å². The molecule has 0 unspecified atom stereocenters. The highest BCUT2D eigenvalue weighted by molar-refractivity contribution is 5.97. The second-order valence-electron chi connectivity index (χ2n) is 5.62. The first-order valence-electron chi connectivity index (χ1n) is 8.15. The Morgan fingerprint density at radius 1 is 1.11 bits per heavy atom. The van der Waals surface area contributed by atoms with Crippen molar-refractivity contribution in [1.29, 1.82) is 0 Å². The van der Waals surface area contributed by atoms with Crippen LogP contribution in [-0.4, -0.2) is 27.1 Å². The van der Waals surface area contributed by atoms with Crippen molar-refractivity contribution >= 4 is 17.3 Å². The summed E-state index contributed by atoms with van der Waals surface area (Å²) < 4.78 is 21.9. The number of fused-ring (bicyclic) bond motifs is 1. The molecule has 0 radical (unpaired) electrons. The number of benzene rings is 2. The van der Waals surface area contributed by atoms with Crippen molar-refractivity contribution in [2.75, 3.05) is 20.8 Å². The van der Waals surface area contributed by atoms with E-state index in [9.17, 15) is 9.59 Å². The van der Waals surface area contributed by atoms with Gasteiger partial charge in [0.15, 0.2) is 11.7 Å². The van der Waals surface area contributed by atoms with Gasteiger partial charge in [-0.25, -0.2) is 0 Å². The van der Waals surface area contributed by atoms with Crippen molar-refractivity contribution in [1.82, 2.24) is 0 Å². The van der Waals surface area contributed by atoms with Crippen molar-refractivity contribution in [2.24, 2.45) is 0 Å². The van der Waals surface area contributed by atoms with Crippen molar-refractivity contribution in [3.63, 3.8) is 0 Å². The quantitative estimate of drug-likeness (QED) is 0.467.